The SMILES string of the molecule is COc1cc(C(=O)N[C@@H](c2ccccc2)c2nccn2C)ccc1C. The molecule has 0 aliphatic rings. The van der Waals surface area contributed by atoms with Crippen LogP contribution in [0.25, 0.3) is 0 Å². The molecule has 5 heteroatoms. The fraction of sp³-hybridized carbons (Fsp3) is 0.200. The van der Waals surface area contributed by atoms with Crippen LogP contribution in [0.1, 0.15) is 33.4 Å². The van der Waals surface area contributed by atoms with E-state index in [2.05, 4.69) is 10.3 Å². The summed E-state index contributed by atoms with van der Waals surface area (Å²) < 4.78 is 7.23. The predicted octanol–water partition coefficient (Wildman–Crippen LogP) is 3.26. The van der Waals surface area contributed by atoms with E-state index in [0.717, 1.165) is 17.0 Å². The van der Waals surface area contributed by atoms with Gasteiger partial charge in [0.25, 0.3) is 5.91 Å². The van der Waals surface area contributed by atoms with Gasteiger partial charge in [0.15, 0.2) is 0 Å². The summed E-state index contributed by atoms with van der Waals surface area (Å²) in [7, 11) is 3.52. The van der Waals surface area contributed by atoms with Crippen LogP contribution in [0.5, 0.6) is 5.75 Å². The van der Waals surface area contributed by atoms with Crippen LogP contribution in [0.15, 0.2) is 60.9 Å². The van der Waals surface area contributed by atoms with Crippen molar-refractivity contribution in [3.63, 3.8) is 0 Å². The van der Waals surface area contributed by atoms with Gasteiger partial charge in [-0.2, -0.15) is 0 Å². The van der Waals surface area contributed by atoms with Gasteiger partial charge in [-0.25, -0.2) is 4.98 Å². The summed E-state index contributed by atoms with van der Waals surface area (Å²) in [6.45, 7) is 1.95. The molecule has 1 heterocycles. The fourth-order valence-corrected chi connectivity index (χ4v) is 2.77. The first kappa shape index (κ1) is 16.8. The van der Waals surface area contributed by atoms with Crippen LogP contribution in [0.3, 0.4) is 0 Å². The first-order valence-electron chi connectivity index (χ1n) is 8.08. The maximum absolute atomic E-state index is 12.8. The largest absolute Gasteiger partial charge is 0.496 e. The first-order chi connectivity index (χ1) is 12.1. The number of rotatable bonds is 5. The number of imidazole rings is 1. The van der Waals surface area contributed by atoms with Gasteiger partial charge in [-0.15, -0.1) is 0 Å². The molecule has 5 nitrogen and oxygen atoms in total. The molecule has 128 valence electrons. The highest BCUT2D eigenvalue weighted by atomic mass is 16.5. The van der Waals surface area contributed by atoms with E-state index in [1.165, 1.54) is 0 Å². The summed E-state index contributed by atoms with van der Waals surface area (Å²) in [5, 5.41) is 3.09. The molecule has 3 aromatic rings. The van der Waals surface area contributed by atoms with E-state index in [-0.39, 0.29) is 11.9 Å². The van der Waals surface area contributed by atoms with Gasteiger partial charge in [0, 0.05) is 25.0 Å². The Morgan fingerprint density at radius 3 is 2.60 bits per heavy atom. The van der Waals surface area contributed by atoms with Crippen molar-refractivity contribution in [3.05, 3.63) is 83.4 Å². The molecule has 25 heavy (non-hydrogen) atoms. The normalized spacial score (nSPS) is 11.8. The first-order valence-corrected chi connectivity index (χ1v) is 8.08. The average Bonchev–Trinajstić information content (AvgIpc) is 3.06. The van der Waals surface area contributed by atoms with Crippen molar-refractivity contribution < 1.29 is 9.53 Å². The van der Waals surface area contributed by atoms with Crippen molar-refractivity contribution in [1.82, 2.24) is 14.9 Å². The topological polar surface area (TPSA) is 56.1 Å². The van der Waals surface area contributed by atoms with E-state index in [1.807, 2.05) is 61.1 Å². The highest BCUT2D eigenvalue weighted by Gasteiger charge is 2.21. The molecular weight excluding hydrogens is 314 g/mol. The molecule has 0 radical (unpaired) electrons. The average molecular weight is 335 g/mol. The quantitative estimate of drug-likeness (QED) is 0.779. The lowest BCUT2D eigenvalue weighted by Crippen LogP contribution is -2.31. The maximum Gasteiger partial charge on any atom is 0.252 e. The second-order valence-electron chi connectivity index (χ2n) is 5.90. The lowest BCUT2D eigenvalue weighted by molar-refractivity contribution is 0.0941. The number of nitrogens with one attached hydrogen (secondary N) is 1. The number of benzene rings is 2. The molecule has 0 saturated heterocycles. The van der Waals surface area contributed by atoms with E-state index in [9.17, 15) is 4.79 Å². The van der Waals surface area contributed by atoms with Crippen molar-refractivity contribution in [2.75, 3.05) is 7.11 Å². The number of hydrogen-bond acceptors (Lipinski definition) is 3. The van der Waals surface area contributed by atoms with Gasteiger partial charge in [-0.05, 0) is 30.2 Å². The van der Waals surface area contributed by atoms with E-state index >= 15 is 0 Å². The van der Waals surface area contributed by atoms with E-state index in [4.69, 9.17) is 4.74 Å². The molecule has 1 aromatic heterocycles. The van der Waals surface area contributed by atoms with Gasteiger partial charge >= 0.3 is 0 Å². The van der Waals surface area contributed by atoms with E-state index in [0.29, 0.717) is 11.3 Å². The van der Waals surface area contributed by atoms with Gasteiger partial charge in [0.05, 0.1) is 7.11 Å². The van der Waals surface area contributed by atoms with Gasteiger partial charge in [0.2, 0.25) is 0 Å². The number of aryl methyl sites for hydroxylation is 2. The fourth-order valence-electron chi connectivity index (χ4n) is 2.77. The minimum atomic E-state index is -0.332. The Kier molecular flexibility index (Phi) is 4.84. The molecule has 0 bridgehead atoms. The maximum atomic E-state index is 12.8. The van der Waals surface area contributed by atoms with Crippen LogP contribution in [-0.4, -0.2) is 22.6 Å². The van der Waals surface area contributed by atoms with Gasteiger partial charge in [-0.3, -0.25) is 4.79 Å². The molecule has 2 aromatic carbocycles. The molecule has 1 N–H and O–H groups in total. The third-order valence-electron chi connectivity index (χ3n) is 4.20. The summed E-state index contributed by atoms with van der Waals surface area (Å²) in [6, 6.07) is 14.9. The summed E-state index contributed by atoms with van der Waals surface area (Å²) >= 11 is 0. The molecule has 3 rings (SSSR count). The Morgan fingerprint density at radius 1 is 1.20 bits per heavy atom. The smallest absolute Gasteiger partial charge is 0.252 e. The van der Waals surface area contributed by atoms with E-state index in [1.54, 1.807) is 25.4 Å². The number of nitrogens with zero attached hydrogens (tertiary/aromatic N) is 2. The number of methoxy groups -OCH3 is 1. The third-order valence-corrected chi connectivity index (χ3v) is 4.20. The zero-order chi connectivity index (χ0) is 17.8. The highest BCUT2D eigenvalue weighted by Crippen LogP contribution is 2.23. The number of carbonyl (C=O) groups is 1. The molecule has 0 unspecified atom stereocenters. The van der Waals surface area contributed by atoms with E-state index < -0.39 is 0 Å². The number of hydrogen-bond donors (Lipinski definition) is 1. The number of aromatic nitrogens is 2. The van der Waals surface area contributed by atoms with Crippen LogP contribution in [0.4, 0.5) is 0 Å². The minimum Gasteiger partial charge on any atom is -0.496 e. The monoisotopic (exact) mass is 335 g/mol. The van der Waals surface area contributed by atoms with Crippen molar-refractivity contribution in [2.45, 2.75) is 13.0 Å². The lowest BCUT2D eigenvalue weighted by Gasteiger charge is -2.19. The van der Waals surface area contributed by atoms with Gasteiger partial charge in [-0.1, -0.05) is 36.4 Å². The Morgan fingerprint density at radius 2 is 1.96 bits per heavy atom. The molecule has 0 fully saturated rings. The summed E-state index contributed by atoms with van der Waals surface area (Å²) in [4.78, 5) is 17.2. The Bertz CT molecular complexity index is 872. The van der Waals surface area contributed by atoms with Crippen molar-refractivity contribution >= 4 is 5.91 Å². The second kappa shape index (κ2) is 7.21. The number of carbonyl (C=O) groups excluding carboxylic acids is 1. The van der Waals surface area contributed by atoms with Crippen molar-refractivity contribution in [2.24, 2.45) is 7.05 Å². The molecular formula is C20H21N3O2. The molecule has 1 atom stereocenters. The molecule has 0 saturated carbocycles. The van der Waals surface area contributed by atoms with Crippen molar-refractivity contribution in [1.29, 1.82) is 0 Å². The standard InChI is InChI=1S/C20H21N3O2/c1-14-9-10-16(13-17(14)25-3)20(24)22-18(15-7-5-4-6-8-15)19-21-11-12-23(19)2/h4-13,18H,1-3H3,(H,22,24)/t18-/m0/s1. The third kappa shape index (κ3) is 3.55. The van der Waals surface area contributed by atoms with Gasteiger partial charge < -0.3 is 14.6 Å². The zero-order valence-corrected chi connectivity index (χ0v) is 14.6. The second-order valence-corrected chi connectivity index (χ2v) is 5.90. The Hall–Kier alpha value is -3.08. The van der Waals surface area contributed by atoms with Gasteiger partial charge in [0.1, 0.15) is 17.6 Å². The minimum absolute atomic E-state index is 0.171. The number of ether oxygens (including phenoxy) is 1. The van der Waals surface area contributed by atoms with Crippen LogP contribution in [0, 0.1) is 6.92 Å². The Labute approximate surface area is 147 Å². The molecule has 0 spiro atoms. The van der Waals surface area contributed by atoms with Crippen LogP contribution in [-0.2, 0) is 7.05 Å². The predicted molar refractivity (Wildman–Crippen MR) is 96.7 cm³/mol. The summed E-state index contributed by atoms with van der Waals surface area (Å²) in [5.74, 6) is 1.30. The molecule has 1 amide bonds. The Balaban J connectivity index is 1.93. The highest BCUT2D eigenvalue weighted by molar-refractivity contribution is 5.95. The van der Waals surface area contributed by atoms with Crippen LogP contribution >= 0.6 is 0 Å². The number of amides is 1. The zero-order valence-electron chi connectivity index (χ0n) is 14.6. The summed E-state index contributed by atoms with van der Waals surface area (Å²) in [5.41, 5.74) is 2.52. The molecule has 0 aliphatic carbocycles. The summed E-state index contributed by atoms with van der Waals surface area (Å²) in [6.07, 6.45) is 3.60. The van der Waals surface area contributed by atoms with Crippen LogP contribution in [0.2, 0.25) is 0 Å². The van der Waals surface area contributed by atoms with Crippen molar-refractivity contribution in [3.8, 4) is 5.75 Å². The van der Waals surface area contributed by atoms with Crippen LogP contribution < -0.4 is 10.1 Å². The lowest BCUT2D eigenvalue weighted by atomic mass is 10.0. The molecule has 0 aliphatic heterocycles.